The van der Waals surface area contributed by atoms with Crippen LogP contribution in [0.4, 0.5) is 10.1 Å². The first-order valence-electron chi connectivity index (χ1n) is 24.2. The number of aryl methyl sites for hydroxylation is 3. The normalized spacial score (nSPS) is 19.1. The second-order valence-electron chi connectivity index (χ2n) is 19.3. The van der Waals surface area contributed by atoms with Crippen LogP contribution in [0, 0.1) is 18.7 Å². The number of pyridine rings is 2. The highest BCUT2D eigenvalue weighted by Crippen LogP contribution is 2.32. The van der Waals surface area contributed by atoms with E-state index in [4.69, 9.17) is 0 Å². The molecule has 2 aromatic carbocycles. The molecule has 0 saturated carbocycles. The van der Waals surface area contributed by atoms with Gasteiger partial charge in [0.25, 0.3) is 11.5 Å². The van der Waals surface area contributed by atoms with Crippen LogP contribution in [0.25, 0.3) is 33.3 Å². The molecule has 0 unspecified atom stereocenters. The predicted octanol–water partition coefficient (Wildman–Crippen LogP) is 4.80. The van der Waals surface area contributed by atoms with Gasteiger partial charge in [-0.25, -0.2) is 14.2 Å². The van der Waals surface area contributed by atoms with Gasteiger partial charge in [0.1, 0.15) is 17.5 Å². The van der Waals surface area contributed by atoms with Crippen molar-refractivity contribution < 1.29 is 18.8 Å². The standard InChI is InChI=1S/C52H60FN11O5/c1-33-25-37(27-41(53)48(33)36-12-16-59(17-13-36)32-39-29-40-42(9-15-55-49(40)57(39)3)63-20-14-38(54-2)28-47(63)66)51(68)62-18-10-34(11-19-62)30-60-21-23-61(24-22-60)31-35-5-6-43-45(26-35)58(4)52(69)64(43)44-7-8-46(65)56-50(44)67/h5-6,9,12,14-15,20,25-29,34,44,54H,7-8,10-11,13,16-19,21-24,30-32H2,1-4H3,(H,56,65,67)/t44-/m1/s1. The lowest BCUT2D eigenvalue weighted by Crippen LogP contribution is -2.48. The zero-order chi connectivity index (χ0) is 48.1. The Morgan fingerprint density at radius 3 is 2.32 bits per heavy atom. The predicted molar refractivity (Wildman–Crippen MR) is 264 cm³/mol. The van der Waals surface area contributed by atoms with Crippen LogP contribution in [-0.4, -0.2) is 127 Å². The number of amides is 3. The highest BCUT2D eigenvalue weighted by molar-refractivity contribution is 6.00. The number of hydrogen-bond donors (Lipinski definition) is 2. The van der Waals surface area contributed by atoms with Crippen molar-refractivity contribution in [2.45, 2.75) is 58.2 Å². The number of rotatable bonds is 11. The molecule has 8 heterocycles. The number of nitrogens with zero attached hydrogens (tertiary/aromatic N) is 9. The first-order valence-corrected chi connectivity index (χ1v) is 24.2. The summed E-state index contributed by atoms with van der Waals surface area (Å²) in [6.45, 7) is 10.8. The average molecular weight is 938 g/mol. The molecule has 360 valence electrons. The summed E-state index contributed by atoms with van der Waals surface area (Å²) in [5.74, 6) is -0.725. The van der Waals surface area contributed by atoms with E-state index in [9.17, 15) is 24.0 Å². The second-order valence-corrected chi connectivity index (χ2v) is 19.3. The molecule has 0 radical (unpaired) electrons. The smallest absolute Gasteiger partial charge is 0.329 e. The van der Waals surface area contributed by atoms with Gasteiger partial charge in [-0.1, -0.05) is 12.1 Å². The maximum Gasteiger partial charge on any atom is 0.329 e. The number of piperidine rings is 2. The van der Waals surface area contributed by atoms with Gasteiger partial charge >= 0.3 is 5.69 Å². The lowest BCUT2D eigenvalue weighted by molar-refractivity contribution is -0.135. The molecule has 2 N–H and O–H groups in total. The zero-order valence-electron chi connectivity index (χ0n) is 39.8. The van der Waals surface area contributed by atoms with Crippen molar-refractivity contribution in [2.75, 3.05) is 71.3 Å². The summed E-state index contributed by atoms with van der Waals surface area (Å²) in [7, 11) is 5.50. The van der Waals surface area contributed by atoms with Crippen LogP contribution < -0.4 is 21.9 Å². The summed E-state index contributed by atoms with van der Waals surface area (Å²) in [5, 5.41) is 6.28. The Morgan fingerprint density at radius 2 is 1.61 bits per heavy atom. The molecular formula is C52H60FN11O5. The summed E-state index contributed by atoms with van der Waals surface area (Å²) in [6.07, 6.45) is 8.63. The van der Waals surface area contributed by atoms with Crippen LogP contribution in [0.5, 0.6) is 0 Å². The largest absolute Gasteiger partial charge is 0.388 e. The quantitative estimate of drug-likeness (QED) is 0.173. The van der Waals surface area contributed by atoms with Gasteiger partial charge in [-0.05, 0) is 97.7 Å². The summed E-state index contributed by atoms with van der Waals surface area (Å²) < 4.78 is 22.8. The van der Waals surface area contributed by atoms with Gasteiger partial charge in [0.2, 0.25) is 11.8 Å². The minimum atomic E-state index is -0.703. The number of fused-ring (bicyclic) bond motifs is 2. The molecule has 0 bridgehead atoms. The maximum atomic E-state index is 16.0. The Hall–Kier alpha value is -6.69. The SMILES string of the molecule is CNc1ccn(-c2ccnc3c2cc(CN2CC=C(c4c(C)cc(C(=O)N5CCC(CN6CCN(Cc7ccc8c(c7)n(C)c(=O)n8[C@@H]7CCC(=O)NC7=O)CC6)CC5)cc4F)CC2)n3C)c(=O)c1. The fourth-order valence-corrected chi connectivity index (χ4v) is 11.0. The van der Waals surface area contributed by atoms with Crippen molar-refractivity contribution in [3.05, 3.63) is 128 Å². The molecule has 4 aliphatic rings. The van der Waals surface area contributed by atoms with E-state index < -0.39 is 11.9 Å². The van der Waals surface area contributed by atoms with Crippen LogP contribution in [0.2, 0.25) is 0 Å². The molecule has 69 heavy (non-hydrogen) atoms. The number of benzene rings is 2. The fourth-order valence-electron chi connectivity index (χ4n) is 11.0. The van der Waals surface area contributed by atoms with Crippen molar-refractivity contribution in [3.63, 3.8) is 0 Å². The Labute approximate surface area is 399 Å². The minimum Gasteiger partial charge on any atom is -0.388 e. The summed E-state index contributed by atoms with van der Waals surface area (Å²) in [5.41, 5.74) is 8.29. The van der Waals surface area contributed by atoms with Gasteiger partial charge in [0.05, 0.1) is 16.7 Å². The molecule has 16 nitrogen and oxygen atoms in total. The molecule has 0 aliphatic carbocycles. The Morgan fingerprint density at radius 1 is 0.826 bits per heavy atom. The molecule has 6 aromatic rings. The Bertz CT molecular complexity index is 3130. The van der Waals surface area contributed by atoms with Crippen molar-refractivity contribution >= 4 is 51.0 Å². The first-order chi connectivity index (χ1) is 33.3. The lowest BCUT2D eigenvalue weighted by Gasteiger charge is -2.39. The second kappa shape index (κ2) is 19.0. The number of piperazine rings is 1. The van der Waals surface area contributed by atoms with E-state index in [1.54, 1.807) is 41.7 Å². The van der Waals surface area contributed by atoms with Crippen LogP contribution in [0.1, 0.15) is 70.9 Å². The Balaban J connectivity index is 0.701. The van der Waals surface area contributed by atoms with E-state index in [0.29, 0.717) is 61.6 Å². The van der Waals surface area contributed by atoms with Crippen molar-refractivity contribution in [3.8, 4) is 5.69 Å². The third-order valence-electron chi connectivity index (χ3n) is 15.0. The van der Waals surface area contributed by atoms with E-state index in [2.05, 4.69) is 47.0 Å². The van der Waals surface area contributed by atoms with Gasteiger partial charge in [0, 0.05) is 146 Å². The lowest BCUT2D eigenvalue weighted by atomic mass is 9.92. The number of imidazole rings is 1. The molecule has 4 aliphatic heterocycles. The van der Waals surface area contributed by atoms with Crippen LogP contribution >= 0.6 is 0 Å². The molecule has 17 heteroatoms. The number of imide groups is 1. The van der Waals surface area contributed by atoms with Gasteiger partial charge in [-0.15, -0.1) is 0 Å². The monoisotopic (exact) mass is 937 g/mol. The fraction of sp³-hybridized carbons (Fsp3) is 0.423. The number of halogens is 1. The highest BCUT2D eigenvalue weighted by Gasteiger charge is 2.32. The molecule has 4 aromatic heterocycles. The molecular weight excluding hydrogens is 878 g/mol. The van der Waals surface area contributed by atoms with E-state index in [-0.39, 0.29) is 35.3 Å². The van der Waals surface area contributed by atoms with Gasteiger partial charge < -0.3 is 19.7 Å². The van der Waals surface area contributed by atoms with E-state index in [1.807, 2.05) is 55.3 Å². The number of likely N-dealkylation sites (tertiary alicyclic amines) is 1. The highest BCUT2D eigenvalue weighted by atomic mass is 19.1. The molecule has 1 atom stereocenters. The maximum absolute atomic E-state index is 16.0. The van der Waals surface area contributed by atoms with Gasteiger partial charge in [-0.2, -0.15) is 0 Å². The molecule has 0 spiro atoms. The Kier molecular flexibility index (Phi) is 12.7. The van der Waals surface area contributed by atoms with Crippen molar-refractivity contribution in [1.82, 2.24) is 48.2 Å². The third kappa shape index (κ3) is 9.06. The number of anilines is 1. The third-order valence-corrected chi connectivity index (χ3v) is 15.0. The number of carbonyl (C=O) groups excluding carboxylic acids is 3. The van der Waals surface area contributed by atoms with Crippen LogP contribution in [0.3, 0.4) is 0 Å². The topological polar surface area (TPSA) is 155 Å². The summed E-state index contributed by atoms with van der Waals surface area (Å²) in [6, 6.07) is 16.0. The minimum absolute atomic E-state index is 0.113. The molecule has 3 fully saturated rings. The van der Waals surface area contributed by atoms with Crippen LogP contribution in [-0.2, 0) is 36.8 Å². The van der Waals surface area contributed by atoms with E-state index in [0.717, 1.165) is 109 Å². The summed E-state index contributed by atoms with van der Waals surface area (Å²) in [4.78, 5) is 78.1. The number of aromatic nitrogens is 5. The summed E-state index contributed by atoms with van der Waals surface area (Å²) >= 11 is 0. The van der Waals surface area contributed by atoms with Gasteiger partial charge in [-0.3, -0.25) is 48.0 Å². The van der Waals surface area contributed by atoms with E-state index in [1.165, 1.54) is 10.6 Å². The van der Waals surface area contributed by atoms with Crippen molar-refractivity contribution in [1.29, 1.82) is 0 Å². The first kappa shape index (κ1) is 46.1. The van der Waals surface area contributed by atoms with Crippen molar-refractivity contribution in [2.24, 2.45) is 20.0 Å². The molecule has 10 rings (SSSR count). The molecule has 3 saturated heterocycles. The van der Waals surface area contributed by atoms with Gasteiger partial charge in [0.15, 0.2) is 0 Å². The van der Waals surface area contributed by atoms with E-state index >= 15 is 4.39 Å². The number of carbonyl (C=O) groups is 3. The molecule has 3 amide bonds. The van der Waals surface area contributed by atoms with Crippen LogP contribution in [0.15, 0.2) is 82.7 Å². The number of nitrogens with one attached hydrogen (secondary N) is 2. The number of hydrogen-bond acceptors (Lipinski definition) is 10. The zero-order valence-corrected chi connectivity index (χ0v) is 39.8. The average Bonchev–Trinajstić information content (AvgIpc) is 3.79.